The Morgan fingerprint density at radius 1 is 0.632 bits per heavy atom. The highest BCUT2D eigenvalue weighted by molar-refractivity contribution is 6.84. The molecule has 0 aliphatic rings. The van der Waals surface area contributed by atoms with Crippen molar-refractivity contribution in [2.24, 2.45) is 10.8 Å². The molecule has 0 amide bonds. The van der Waals surface area contributed by atoms with Gasteiger partial charge in [0.1, 0.15) is 0 Å². The monoisotopic (exact) mass is 302 g/mol. The Morgan fingerprint density at radius 2 is 0.895 bits per heavy atom. The summed E-state index contributed by atoms with van der Waals surface area (Å²) in [6, 6.07) is 2.59. The van der Waals surface area contributed by atoms with Crippen molar-refractivity contribution in [2.45, 2.75) is 92.7 Å². The normalized spacial score (nSPS) is 14.8. The molecule has 19 heavy (non-hydrogen) atoms. The fraction of sp³-hybridized carbons (Fsp3) is 1.00. The third-order valence-electron chi connectivity index (χ3n) is 3.51. The Bertz CT molecular complexity index is 241. The van der Waals surface area contributed by atoms with Gasteiger partial charge < -0.3 is 4.12 Å². The summed E-state index contributed by atoms with van der Waals surface area (Å²) < 4.78 is 6.69. The van der Waals surface area contributed by atoms with Crippen LogP contribution in [0.1, 0.15) is 54.4 Å². The topological polar surface area (TPSA) is 9.23 Å². The molecule has 0 radical (unpaired) electrons. The van der Waals surface area contributed by atoms with E-state index in [0.29, 0.717) is 10.8 Å². The van der Waals surface area contributed by atoms with Crippen LogP contribution in [-0.2, 0) is 4.12 Å². The van der Waals surface area contributed by atoms with Crippen LogP contribution in [0, 0.1) is 10.8 Å². The SMILES string of the molecule is CC(C)(C)CC[Si](C)(C)O[Si](C)(C)CCC(C)(C)C. The molecule has 0 saturated carbocycles. The van der Waals surface area contributed by atoms with Crippen molar-refractivity contribution in [1.29, 1.82) is 0 Å². The molecule has 0 heterocycles. The first kappa shape index (κ1) is 19.4. The molecular formula is C16H38OSi2. The van der Waals surface area contributed by atoms with Crippen LogP contribution in [0.4, 0.5) is 0 Å². The quantitative estimate of drug-likeness (QED) is 0.524. The maximum atomic E-state index is 6.69. The zero-order valence-corrected chi connectivity index (χ0v) is 17.2. The summed E-state index contributed by atoms with van der Waals surface area (Å²) in [5.41, 5.74) is 0.871. The third-order valence-corrected chi connectivity index (χ3v) is 10.8. The molecule has 116 valence electrons. The van der Waals surface area contributed by atoms with Gasteiger partial charge in [-0.3, -0.25) is 0 Å². The minimum absolute atomic E-state index is 0.435. The lowest BCUT2D eigenvalue weighted by molar-refractivity contribution is 0.377. The van der Waals surface area contributed by atoms with Crippen LogP contribution < -0.4 is 0 Å². The standard InChI is InChI=1S/C16H38OSi2/c1-15(2,3)11-13-18(7,8)17-19(9,10)14-12-16(4,5)6/h11-14H2,1-10H3. The van der Waals surface area contributed by atoms with E-state index in [1.54, 1.807) is 0 Å². The predicted molar refractivity (Wildman–Crippen MR) is 93.8 cm³/mol. The summed E-state index contributed by atoms with van der Waals surface area (Å²) in [5.74, 6) is 0. The van der Waals surface area contributed by atoms with Crippen molar-refractivity contribution in [3.05, 3.63) is 0 Å². The van der Waals surface area contributed by atoms with Crippen LogP contribution in [0.3, 0.4) is 0 Å². The van der Waals surface area contributed by atoms with E-state index in [1.165, 1.54) is 24.9 Å². The number of rotatable bonds is 6. The molecule has 0 aromatic carbocycles. The fourth-order valence-electron chi connectivity index (χ4n) is 2.20. The molecule has 0 N–H and O–H groups in total. The van der Waals surface area contributed by atoms with Crippen LogP contribution in [-0.4, -0.2) is 16.6 Å². The van der Waals surface area contributed by atoms with E-state index >= 15 is 0 Å². The minimum Gasteiger partial charge on any atom is -0.455 e. The molecular weight excluding hydrogens is 264 g/mol. The minimum atomic E-state index is -1.48. The first-order valence-electron chi connectivity index (χ1n) is 7.82. The van der Waals surface area contributed by atoms with Gasteiger partial charge in [0.05, 0.1) is 0 Å². The van der Waals surface area contributed by atoms with Gasteiger partial charge in [-0.05, 0) is 61.9 Å². The van der Waals surface area contributed by atoms with E-state index in [4.69, 9.17) is 4.12 Å². The second-order valence-corrected chi connectivity index (χ2v) is 18.6. The van der Waals surface area contributed by atoms with Gasteiger partial charge in [0.15, 0.2) is 16.6 Å². The number of hydrogen-bond acceptors (Lipinski definition) is 1. The van der Waals surface area contributed by atoms with Gasteiger partial charge in [-0.1, -0.05) is 41.5 Å². The molecule has 3 heteroatoms. The molecule has 0 aliphatic heterocycles. The molecule has 0 atom stereocenters. The molecule has 0 bridgehead atoms. The lowest BCUT2D eigenvalue weighted by atomic mass is 9.94. The van der Waals surface area contributed by atoms with Gasteiger partial charge in [0.2, 0.25) is 0 Å². The Morgan fingerprint density at radius 3 is 1.11 bits per heavy atom. The molecule has 0 unspecified atom stereocenters. The summed E-state index contributed by atoms with van der Waals surface area (Å²) in [7, 11) is -2.97. The second-order valence-electron chi connectivity index (χ2n) is 9.74. The molecule has 1 nitrogen and oxygen atoms in total. The summed E-state index contributed by atoms with van der Waals surface area (Å²) >= 11 is 0. The largest absolute Gasteiger partial charge is 0.455 e. The van der Waals surface area contributed by atoms with Crippen molar-refractivity contribution < 1.29 is 4.12 Å². The summed E-state index contributed by atoms with van der Waals surface area (Å²) in [6.45, 7) is 23.6. The van der Waals surface area contributed by atoms with Crippen molar-refractivity contribution in [2.75, 3.05) is 0 Å². The third kappa shape index (κ3) is 11.9. The number of hydrogen-bond donors (Lipinski definition) is 0. The second kappa shape index (κ2) is 6.44. The predicted octanol–water partition coefficient (Wildman–Crippen LogP) is 6.29. The highest BCUT2D eigenvalue weighted by Crippen LogP contribution is 2.31. The van der Waals surface area contributed by atoms with E-state index in [2.05, 4.69) is 67.7 Å². The summed E-state index contributed by atoms with van der Waals surface area (Å²) in [6.07, 6.45) is 2.58. The van der Waals surface area contributed by atoms with Crippen molar-refractivity contribution >= 4 is 16.6 Å². The van der Waals surface area contributed by atoms with E-state index in [-0.39, 0.29) is 0 Å². The molecule has 0 fully saturated rings. The smallest absolute Gasteiger partial charge is 0.173 e. The maximum Gasteiger partial charge on any atom is 0.173 e. The highest BCUT2D eigenvalue weighted by atomic mass is 28.4. The van der Waals surface area contributed by atoms with Crippen molar-refractivity contribution in [3.63, 3.8) is 0 Å². The van der Waals surface area contributed by atoms with Gasteiger partial charge in [0.25, 0.3) is 0 Å². The van der Waals surface area contributed by atoms with Crippen LogP contribution in [0.25, 0.3) is 0 Å². The summed E-state index contributed by atoms with van der Waals surface area (Å²) in [4.78, 5) is 0. The average molecular weight is 303 g/mol. The maximum absolute atomic E-state index is 6.69. The van der Waals surface area contributed by atoms with Crippen LogP contribution in [0.2, 0.25) is 38.3 Å². The van der Waals surface area contributed by atoms with E-state index in [0.717, 1.165) is 0 Å². The van der Waals surface area contributed by atoms with Crippen molar-refractivity contribution in [3.8, 4) is 0 Å². The van der Waals surface area contributed by atoms with Crippen molar-refractivity contribution in [1.82, 2.24) is 0 Å². The van der Waals surface area contributed by atoms with Crippen LogP contribution in [0.5, 0.6) is 0 Å². The average Bonchev–Trinajstić information content (AvgIpc) is 2.09. The lowest BCUT2D eigenvalue weighted by Crippen LogP contribution is -2.45. The van der Waals surface area contributed by atoms with Crippen LogP contribution in [0.15, 0.2) is 0 Å². The van der Waals surface area contributed by atoms with Gasteiger partial charge in [-0.2, -0.15) is 0 Å². The van der Waals surface area contributed by atoms with Gasteiger partial charge in [-0.25, -0.2) is 0 Å². The molecule has 0 rings (SSSR count). The van der Waals surface area contributed by atoms with E-state index in [1.807, 2.05) is 0 Å². The zero-order valence-electron chi connectivity index (χ0n) is 15.2. The molecule has 0 aliphatic carbocycles. The molecule has 0 saturated heterocycles. The highest BCUT2D eigenvalue weighted by Gasteiger charge is 2.34. The Labute approximate surface area is 124 Å². The van der Waals surface area contributed by atoms with E-state index in [9.17, 15) is 0 Å². The fourth-order valence-corrected chi connectivity index (χ4v) is 11.7. The van der Waals surface area contributed by atoms with Gasteiger partial charge >= 0.3 is 0 Å². The molecule has 0 aromatic rings. The van der Waals surface area contributed by atoms with Crippen LogP contribution >= 0.6 is 0 Å². The first-order chi connectivity index (χ1) is 8.12. The van der Waals surface area contributed by atoms with Gasteiger partial charge in [0, 0.05) is 0 Å². The first-order valence-corrected chi connectivity index (χ1v) is 14.1. The lowest BCUT2D eigenvalue weighted by Gasteiger charge is -2.36. The Hall–Kier alpha value is 0.394. The zero-order chi connectivity index (χ0) is 15.5. The Balaban J connectivity index is 4.37. The molecule has 0 spiro atoms. The van der Waals surface area contributed by atoms with Gasteiger partial charge in [-0.15, -0.1) is 0 Å². The molecule has 0 aromatic heterocycles. The van der Waals surface area contributed by atoms with E-state index < -0.39 is 16.6 Å². The summed E-state index contributed by atoms with van der Waals surface area (Å²) in [5, 5.41) is 0. The Kier molecular flexibility index (Phi) is 6.57.